The molecule has 0 unspecified atom stereocenters. The molecule has 0 saturated carbocycles. The Morgan fingerprint density at radius 2 is 2.27 bits per heavy atom. The number of ether oxygens (including phenoxy) is 1. The monoisotopic (exact) mass is 302 g/mol. The number of carbonyl (C=O) groups is 1. The third-order valence-electron chi connectivity index (χ3n) is 4.09. The molecule has 0 radical (unpaired) electrons. The highest BCUT2D eigenvalue weighted by Gasteiger charge is 2.27. The Labute approximate surface area is 133 Å². The normalized spacial score (nSPS) is 17.8. The van der Waals surface area contributed by atoms with Crippen LogP contribution < -0.4 is 4.74 Å². The largest absolute Gasteiger partial charge is 0.496 e. The van der Waals surface area contributed by atoms with Gasteiger partial charge in [0.05, 0.1) is 7.11 Å². The van der Waals surface area contributed by atoms with Gasteiger partial charge in [0.15, 0.2) is 0 Å². The summed E-state index contributed by atoms with van der Waals surface area (Å²) in [5.41, 5.74) is 1.75. The molecule has 2 rings (SSSR count). The Hall–Kier alpha value is -1.81. The van der Waals surface area contributed by atoms with Crippen molar-refractivity contribution in [3.05, 3.63) is 42.0 Å². The van der Waals surface area contributed by atoms with Crippen molar-refractivity contribution in [1.29, 1.82) is 0 Å². The van der Waals surface area contributed by atoms with Gasteiger partial charge in [-0.1, -0.05) is 6.08 Å². The molecule has 120 valence electrons. The van der Waals surface area contributed by atoms with Crippen LogP contribution in [-0.4, -0.2) is 56.5 Å². The molecule has 4 nitrogen and oxygen atoms in total. The van der Waals surface area contributed by atoms with E-state index in [-0.39, 0.29) is 5.91 Å². The summed E-state index contributed by atoms with van der Waals surface area (Å²) in [6, 6.07) is 5.66. The highest BCUT2D eigenvalue weighted by molar-refractivity contribution is 5.94. The minimum Gasteiger partial charge on any atom is -0.496 e. The van der Waals surface area contributed by atoms with E-state index in [4.69, 9.17) is 4.74 Å². The smallest absolute Gasteiger partial charge is 0.253 e. The van der Waals surface area contributed by atoms with Crippen LogP contribution in [0.15, 0.2) is 30.9 Å². The SMILES string of the molecule is C=CCc1cc(C(=O)N2CC[C@@H](CN(C)C)C2)ccc1OC. The summed E-state index contributed by atoms with van der Waals surface area (Å²) < 4.78 is 5.34. The summed E-state index contributed by atoms with van der Waals surface area (Å²) in [7, 11) is 5.81. The van der Waals surface area contributed by atoms with Gasteiger partial charge in [-0.25, -0.2) is 0 Å². The lowest BCUT2D eigenvalue weighted by Crippen LogP contribution is -2.30. The molecule has 1 saturated heterocycles. The molecule has 0 N–H and O–H groups in total. The van der Waals surface area contributed by atoms with Crippen LogP contribution in [0, 0.1) is 5.92 Å². The minimum atomic E-state index is 0.120. The van der Waals surface area contributed by atoms with Gasteiger partial charge in [-0.3, -0.25) is 4.79 Å². The van der Waals surface area contributed by atoms with Crippen LogP contribution in [0.1, 0.15) is 22.3 Å². The summed E-state index contributed by atoms with van der Waals surface area (Å²) in [6.45, 7) is 6.50. The molecule has 0 aromatic heterocycles. The summed E-state index contributed by atoms with van der Waals surface area (Å²) >= 11 is 0. The van der Waals surface area contributed by atoms with Crippen LogP contribution in [0.25, 0.3) is 0 Å². The first-order valence-corrected chi connectivity index (χ1v) is 7.77. The van der Waals surface area contributed by atoms with E-state index in [1.165, 1.54) is 0 Å². The number of nitrogens with zero attached hydrogens (tertiary/aromatic N) is 2. The zero-order valence-corrected chi connectivity index (χ0v) is 13.8. The zero-order valence-electron chi connectivity index (χ0n) is 13.8. The molecule has 0 spiro atoms. The molecule has 22 heavy (non-hydrogen) atoms. The first-order chi connectivity index (χ1) is 10.5. The van der Waals surface area contributed by atoms with E-state index in [2.05, 4.69) is 25.6 Å². The minimum absolute atomic E-state index is 0.120. The quantitative estimate of drug-likeness (QED) is 0.757. The van der Waals surface area contributed by atoms with E-state index in [0.29, 0.717) is 12.3 Å². The predicted molar refractivity (Wildman–Crippen MR) is 89.5 cm³/mol. The Balaban J connectivity index is 2.10. The lowest BCUT2D eigenvalue weighted by atomic mass is 10.1. The van der Waals surface area contributed by atoms with Crippen molar-refractivity contribution in [3.63, 3.8) is 0 Å². The molecule has 0 bridgehead atoms. The van der Waals surface area contributed by atoms with Crippen molar-refractivity contribution in [2.24, 2.45) is 5.92 Å². The number of likely N-dealkylation sites (tertiary alicyclic amines) is 1. The lowest BCUT2D eigenvalue weighted by Gasteiger charge is -2.19. The molecule has 1 aliphatic rings. The number of carbonyl (C=O) groups excluding carboxylic acids is 1. The molecular weight excluding hydrogens is 276 g/mol. The van der Waals surface area contributed by atoms with E-state index in [1.807, 2.05) is 29.2 Å². The first-order valence-electron chi connectivity index (χ1n) is 7.77. The number of amides is 1. The fourth-order valence-corrected chi connectivity index (χ4v) is 3.09. The number of allylic oxidation sites excluding steroid dienone is 1. The number of methoxy groups -OCH3 is 1. The number of benzene rings is 1. The summed E-state index contributed by atoms with van der Waals surface area (Å²) in [6.07, 6.45) is 3.61. The van der Waals surface area contributed by atoms with E-state index in [9.17, 15) is 4.79 Å². The third kappa shape index (κ3) is 3.89. The van der Waals surface area contributed by atoms with Gasteiger partial charge in [-0.2, -0.15) is 0 Å². The number of hydrogen-bond donors (Lipinski definition) is 0. The molecule has 1 aromatic carbocycles. The molecule has 1 aromatic rings. The van der Waals surface area contributed by atoms with Gasteiger partial charge in [0.25, 0.3) is 5.91 Å². The van der Waals surface area contributed by atoms with Crippen LogP contribution in [-0.2, 0) is 6.42 Å². The number of hydrogen-bond acceptors (Lipinski definition) is 3. The van der Waals surface area contributed by atoms with Crippen molar-refractivity contribution in [1.82, 2.24) is 9.80 Å². The maximum atomic E-state index is 12.7. The molecule has 0 aliphatic carbocycles. The second-order valence-electron chi connectivity index (χ2n) is 6.19. The second kappa shape index (κ2) is 7.45. The molecule has 1 heterocycles. The maximum Gasteiger partial charge on any atom is 0.253 e. The fourth-order valence-electron chi connectivity index (χ4n) is 3.09. The van der Waals surface area contributed by atoms with Crippen molar-refractivity contribution in [3.8, 4) is 5.75 Å². The Morgan fingerprint density at radius 1 is 1.50 bits per heavy atom. The summed E-state index contributed by atoms with van der Waals surface area (Å²) in [5, 5.41) is 0. The van der Waals surface area contributed by atoms with Crippen molar-refractivity contribution < 1.29 is 9.53 Å². The topological polar surface area (TPSA) is 32.8 Å². The van der Waals surface area contributed by atoms with Gasteiger partial charge < -0.3 is 14.5 Å². The van der Waals surface area contributed by atoms with E-state index in [1.54, 1.807) is 7.11 Å². The van der Waals surface area contributed by atoms with Crippen molar-refractivity contribution in [2.75, 3.05) is 40.8 Å². The van der Waals surface area contributed by atoms with Gasteiger partial charge in [0.1, 0.15) is 5.75 Å². The average molecular weight is 302 g/mol. The Bertz CT molecular complexity index is 540. The zero-order chi connectivity index (χ0) is 16.1. The third-order valence-corrected chi connectivity index (χ3v) is 4.09. The molecule has 1 amide bonds. The highest BCUT2D eigenvalue weighted by Crippen LogP contribution is 2.24. The van der Waals surface area contributed by atoms with Gasteiger partial charge in [0.2, 0.25) is 0 Å². The lowest BCUT2D eigenvalue weighted by molar-refractivity contribution is 0.0785. The van der Waals surface area contributed by atoms with Crippen LogP contribution in [0.2, 0.25) is 0 Å². The van der Waals surface area contributed by atoms with Crippen LogP contribution >= 0.6 is 0 Å². The predicted octanol–water partition coefficient (Wildman–Crippen LogP) is 2.45. The van der Waals surface area contributed by atoms with Gasteiger partial charge in [-0.15, -0.1) is 6.58 Å². The fraction of sp³-hybridized carbons (Fsp3) is 0.500. The van der Waals surface area contributed by atoms with Crippen molar-refractivity contribution in [2.45, 2.75) is 12.8 Å². The summed E-state index contributed by atoms with van der Waals surface area (Å²) in [4.78, 5) is 16.8. The van der Waals surface area contributed by atoms with E-state index < -0.39 is 0 Å². The first kappa shape index (κ1) is 16.6. The second-order valence-corrected chi connectivity index (χ2v) is 6.19. The van der Waals surface area contributed by atoms with Crippen LogP contribution in [0.4, 0.5) is 0 Å². The van der Waals surface area contributed by atoms with Gasteiger partial charge in [-0.05, 0) is 56.6 Å². The molecule has 1 fully saturated rings. The molecular formula is C18H26N2O2. The maximum absolute atomic E-state index is 12.7. The summed E-state index contributed by atoms with van der Waals surface area (Å²) in [5.74, 6) is 1.50. The standard InChI is InChI=1S/C18H26N2O2/c1-5-6-15-11-16(7-8-17(15)22-4)18(21)20-10-9-14(13-20)12-19(2)3/h5,7-8,11,14H,1,6,9-10,12-13H2,2-4H3/t14-/m0/s1. The highest BCUT2D eigenvalue weighted by atomic mass is 16.5. The Morgan fingerprint density at radius 3 is 2.91 bits per heavy atom. The molecule has 4 heteroatoms. The van der Waals surface area contributed by atoms with Gasteiger partial charge in [0, 0.05) is 25.2 Å². The van der Waals surface area contributed by atoms with E-state index >= 15 is 0 Å². The molecule has 1 aliphatic heterocycles. The average Bonchev–Trinajstić information content (AvgIpc) is 2.94. The van der Waals surface area contributed by atoms with Gasteiger partial charge >= 0.3 is 0 Å². The van der Waals surface area contributed by atoms with E-state index in [0.717, 1.165) is 42.9 Å². The Kier molecular flexibility index (Phi) is 5.61. The molecule has 1 atom stereocenters. The van der Waals surface area contributed by atoms with Crippen molar-refractivity contribution >= 4 is 5.91 Å². The van der Waals surface area contributed by atoms with Crippen LogP contribution in [0.5, 0.6) is 5.75 Å². The van der Waals surface area contributed by atoms with Crippen LogP contribution in [0.3, 0.4) is 0 Å². The number of rotatable bonds is 6.